The topological polar surface area (TPSA) is 93.7 Å². The highest BCUT2D eigenvalue weighted by atomic mass is 16.5. The van der Waals surface area contributed by atoms with E-state index in [1.54, 1.807) is 13.8 Å². The molecule has 0 fully saturated rings. The number of hydrogen-bond donors (Lipinski definition) is 2. The van der Waals surface area contributed by atoms with Crippen molar-refractivity contribution in [3.63, 3.8) is 0 Å². The molecular weight excluding hydrogens is 384 g/mol. The molecule has 2 atom stereocenters. The number of esters is 1. The van der Waals surface area contributed by atoms with Gasteiger partial charge in [0, 0.05) is 6.42 Å². The summed E-state index contributed by atoms with van der Waals surface area (Å²) in [6.45, 7) is 3.69. The molecule has 0 unspecified atom stereocenters. The average molecular weight is 412 g/mol. The Morgan fingerprint density at radius 2 is 1.43 bits per heavy atom. The van der Waals surface area contributed by atoms with Gasteiger partial charge in [0.25, 0.3) is 0 Å². The van der Waals surface area contributed by atoms with Crippen molar-refractivity contribution in [1.29, 1.82) is 0 Å². The first-order chi connectivity index (χ1) is 14.4. The van der Waals surface area contributed by atoms with Crippen LogP contribution in [0.25, 0.3) is 0 Å². The minimum Gasteiger partial charge on any atom is -0.467 e. The van der Waals surface area contributed by atoms with Crippen LogP contribution in [-0.2, 0) is 32.1 Å². The molecule has 0 aliphatic heterocycles. The van der Waals surface area contributed by atoms with Crippen molar-refractivity contribution >= 4 is 18.0 Å². The van der Waals surface area contributed by atoms with Crippen LogP contribution in [0.4, 0.5) is 4.79 Å². The Kier molecular flexibility index (Phi) is 8.87. The number of benzene rings is 2. The largest absolute Gasteiger partial charge is 0.467 e. The van der Waals surface area contributed by atoms with Crippen LogP contribution in [0.1, 0.15) is 25.0 Å². The van der Waals surface area contributed by atoms with Crippen LogP contribution in [0, 0.1) is 5.92 Å². The zero-order valence-electron chi connectivity index (χ0n) is 17.5. The SMILES string of the molecule is COC(=O)[C@@H](NC(=O)[C@H](Cc1ccccc1)NC(=O)OCc1ccccc1)C(C)C. The third-order valence-electron chi connectivity index (χ3n) is 4.52. The summed E-state index contributed by atoms with van der Waals surface area (Å²) < 4.78 is 10.0. The monoisotopic (exact) mass is 412 g/mol. The van der Waals surface area contributed by atoms with Crippen LogP contribution in [0.3, 0.4) is 0 Å². The highest BCUT2D eigenvalue weighted by Crippen LogP contribution is 2.08. The van der Waals surface area contributed by atoms with Gasteiger partial charge in [0.15, 0.2) is 0 Å². The summed E-state index contributed by atoms with van der Waals surface area (Å²) in [4.78, 5) is 37.2. The van der Waals surface area contributed by atoms with E-state index in [4.69, 9.17) is 9.47 Å². The molecule has 2 amide bonds. The number of amides is 2. The molecule has 0 saturated heterocycles. The molecule has 2 aromatic rings. The highest BCUT2D eigenvalue weighted by molar-refractivity contribution is 5.90. The lowest BCUT2D eigenvalue weighted by Gasteiger charge is -2.24. The van der Waals surface area contributed by atoms with Crippen LogP contribution in [0.2, 0.25) is 0 Å². The lowest BCUT2D eigenvalue weighted by atomic mass is 10.0. The summed E-state index contributed by atoms with van der Waals surface area (Å²) in [7, 11) is 1.27. The molecule has 30 heavy (non-hydrogen) atoms. The van der Waals surface area contributed by atoms with Crippen LogP contribution in [0.15, 0.2) is 60.7 Å². The second-order valence-electron chi connectivity index (χ2n) is 7.20. The standard InChI is InChI=1S/C23H28N2O5/c1-16(2)20(22(27)29-3)25-21(26)19(14-17-10-6-4-7-11-17)24-23(28)30-15-18-12-8-5-9-13-18/h4-13,16,19-20H,14-15H2,1-3H3,(H,24,28)(H,25,26)/t19-,20-/m0/s1. The summed E-state index contributed by atoms with van der Waals surface area (Å²) in [5.74, 6) is -1.20. The van der Waals surface area contributed by atoms with Crippen molar-refractivity contribution in [2.45, 2.75) is 39.0 Å². The van der Waals surface area contributed by atoms with Crippen molar-refractivity contribution in [3.05, 3.63) is 71.8 Å². The van der Waals surface area contributed by atoms with Crippen LogP contribution in [-0.4, -0.2) is 37.2 Å². The predicted molar refractivity (Wildman–Crippen MR) is 112 cm³/mol. The molecule has 0 radical (unpaired) electrons. The van der Waals surface area contributed by atoms with Crippen molar-refractivity contribution < 1.29 is 23.9 Å². The Bertz CT molecular complexity index is 824. The molecule has 0 aliphatic carbocycles. The van der Waals surface area contributed by atoms with Crippen LogP contribution < -0.4 is 10.6 Å². The molecule has 160 valence electrons. The summed E-state index contributed by atoms with van der Waals surface area (Å²) in [6, 6.07) is 16.8. The lowest BCUT2D eigenvalue weighted by Crippen LogP contribution is -2.54. The van der Waals surface area contributed by atoms with Gasteiger partial charge in [0.2, 0.25) is 5.91 Å². The Hall–Kier alpha value is -3.35. The maximum atomic E-state index is 12.9. The second kappa shape index (κ2) is 11.6. The fourth-order valence-corrected chi connectivity index (χ4v) is 2.84. The first-order valence-electron chi connectivity index (χ1n) is 9.80. The summed E-state index contributed by atoms with van der Waals surface area (Å²) in [5.41, 5.74) is 1.70. The summed E-state index contributed by atoms with van der Waals surface area (Å²) in [5, 5.41) is 5.29. The molecule has 2 N–H and O–H groups in total. The van der Waals surface area contributed by atoms with Crippen LogP contribution in [0.5, 0.6) is 0 Å². The van der Waals surface area contributed by atoms with Gasteiger partial charge in [-0.1, -0.05) is 74.5 Å². The fraction of sp³-hybridized carbons (Fsp3) is 0.348. The molecule has 7 nitrogen and oxygen atoms in total. The Morgan fingerprint density at radius 3 is 1.97 bits per heavy atom. The van der Waals surface area contributed by atoms with Gasteiger partial charge >= 0.3 is 12.1 Å². The minimum absolute atomic E-state index is 0.0864. The Morgan fingerprint density at radius 1 is 0.867 bits per heavy atom. The maximum Gasteiger partial charge on any atom is 0.408 e. The number of carbonyl (C=O) groups excluding carboxylic acids is 3. The van der Waals surface area contributed by atoms with E-state index in [0.717, 1.165) is 11.1 Å². The lowest BCUT2D eigenvalue weighted by molar-refractivity contribution is -0.146. The normalized spacial score (nSPS) is 12.5. The van der Waals surface area contributed by atoms with E-state index < -0.39 is 30.1 Å². The number of rotatable bonds is 9. The van der Waals surface area contributed by atoms with Crippen molar-refractivity contribution in [2.75, 3.05) is 7.11 Å². The zero-order chi connectivity index (χ0) is 21.9. The summed E-state index contributed by atoms with van der Waals surface area (Å²) in [6.07, 6.45) is -0.465. The van der Waals surface area contributed by atoms with Crippen molar-refractivity contribution in [3.8, 4) is 0 Å². The van der Waals surface area contributed by atoms with Gasteiger partial charge in [-0.3, -0.25) is 4.79 Å². The van der Waals surface area contributed by atoms with E-state index in [1.807, 2.05) is 60.7 Å². The quantitative estimate of drug-likeness (QED) is 0.618. The predicted octanol–water partition coefficient (Wildman–Crippen LogP) is 2.84. The Balaban J connectivity index is 2.08. The first-order valence-corrected chi connectivity index (χ1v) is 9.80. The van der Waals surface area contributed by atoms with Crippen molar-refractivity contribution in [2.24, 2.45) is 5.92 Å². The number of carbonyl (C=O) groups is 3. The van der Waals surface area contributed by atoms with Gasteiger partial charge < -0.3 is 20.1 Å². The number of hydrogen-bond acceptors (Lipinski definition) is 5. The van der Waals surface area contributed by atoms with E-state index >= 15 is 0 Å². The zero-order valence-corrected chi connectivity index (χ0v) is 17.5. The van der Waals surface area contributed by atoms with E-state index in [9.17, 15) is 14.4 Å². The molecular formula is C23H28N2O5. The highest BCUT2D eigenvalue weighted by Gasteiger charge is 2.29. The van der Waals surface area contributed by atoms with Crippen LogP contribution >= 0.6 is 0 Å². The summed E-state index contributed by atoms with van der Waals surface area (Å²) >= 11 is 0. The fourth-order valence-electron chi connectivity index (χ4n) is 2.84. The van der Waals surface area contributed by atoms with Crippen molar-refractivity contribution in [1.82, 2.24) is 10.6 Å². The van der Waals surface area contributed by atoms with E-state index in [0.29, 0.717) is 0 Å². The molecule has 0 aliphatic rings. The minimum atomic E-state index is -0.915. The smallest absolute Gasteiger partial charge is 0.408 e. The first kappa shape index (κ1) is 22.9. The van der Waals surface area contributed by atoms with E-state index in [2.05, 4.69) is 10.6 Å². The molecule has 0 saturated carbocycles. The molecule has 0 spiro atoms. The number of methoxy groups -OCH3 is 1. The van der Waals surface area contributed by atoms with Gasteiger partial charge in [0.1, 0.15) is 18.7 Å². The number of nitrogens with one attached hydrogen (secondary N) is 2. The van der Waals surface area contributed by atoms with E-state index in [-0.39, 0.29) is 18.9 Å². The van der Waals surface area contributed by atoms with Gasteiger partial charge in [-0.25, -0.2) is 9.59 Å². The van der Waals surface area contributed by atoms with Gasteiger partial charge in [-0.05, 0) is 17.0 Å². The molecule has 2 rings (SSSR count). The second-order valence-corrected chi connectivity index (χ2v) is 7.20. The van der Waals surface area contributed by atoms with Gasteiger partial charge in [-0.2, -0.15) is 0 Å². The van der Waals surface area contributed by atoms with Gasteiger partial charge in [-0.15, -0.1) is 0 Å². The maximum absolute atomic E-state index is 12.9. The number of ether oxygens (including phenoxy) is 2. The molecule has 0 bridgehead atoms. The molecule has 7 heteroatoms. The van der Waals surface area contributed by atoms with Gasteiger partial charge in [0.05, 0.1) is 7.11 Å². The Labute approximate surface area is 176 Å². The third-order valence-corrected chi connectivity index (χ3v) is 4.52. The molecule has 2 aromatic carbocycles. The number of alkyl carbamates (subject to hydrolysis) is 1. The third kappa shape index (κ3) is 7.24. The molecule has 0 aromatic heterocycles. The molecule has 0 heterocycles. The van der Waals surface area contributed by atoms with E-state index in [1.165, 1.54) is 7.11 Å². The average Bonchev–Trinajstić information content (AvgIpc) is 2.76.